The Labute approximate surface area is 100 Å². The molecule has 2 amide bonds. The fourth-order valence-electron chi connectivity index (χ4n) is 1.69. The Morgan fingerprint density at radius 1 is 1.00 bits per heavy atom. The Morgan fingerprint density at radius 3 is 2.41 bits per heavy atom. The van der Waals surface area contributed by atoms with E-state index in [2.05, 4.69) is 17.4 Å². The van der Waals surface area contributed by atoms with Crippen LogP contribution in [-0.2, 0) is 6.42 Å². The molecule has 0 fully saturated rings. The highest BCUT2D eigenvalue weighted by Gasteiger charge is 2.01. The lowest BCUT2D eigenvalue weighted by Gasteiger charge is -2.04. The summed E-state index contributed by atoms with van der Waals surface area (Å²) in [5.74, 6) is 0. The van der Waals surface area contributed by atoms with Gasteiger partial charge in [0.2, 0.25) is 0 Å². The van der Waals surface area contributed by atoms with Crippen molar-refractivity contribution in [2.24, 2.45) is 5.73 Å². The predicted octanol–water partition coefficient (Wildman–Crippen LogP) is 2.59. The van der Waals surface area contributed by atoms with Gasteiger partial charge < -0.3 is 5.73 Å². The molecule has 0 spiro atoms. The zero-order chi connectivity index (χ0) is 12.1. The summed E-state index contributed by atoms with van der Waals surface area (Å²) in [4.78, 5) is 10.7. The van der Waals surface area contributed by atoms with Gasteiger partial charge in [-0.1, -0.05) is 42.5 Å². The van der Waals surface area contributed by atoms with E-state index in [0.29, 0.717) is 5.69 Å². The van der Waals surface area contributed by atoms with E-state index < -0.39 is 6.03 Å². The number of benzene rings is 2. The lowest BCUT2D eigenvalue weighted by atomic mass is 10.0. The van der Waals surface area contributed by atoms with Crippen molar-refractivity contribution in [2.45, 2.75) is 6.42 Å². The van der Waals surface area contributed by atoms with Crippen LogP contribution in [0, 0.1) is 0 Å². The first kappa shape index (κ1) is 11.2. The summed E-state index contributed by atoms with van der Waals surface area (Å²) in [6, 6.07) is 17.0. The van der Waals surface area contributed by atoms with Crippen LogP contribution in [0.25, 0.3) is 0 Å². The van der Waals surface area contributed by atoms with Crippen LogP contribution in [0.5, 0.6) is 0 Å². The molecule has 2 aromatic rings. The van der Waals surface area contributed by atoms with Crippen molar-refractivity contribution in [2.75, 3.05) is 0 Å². The Hall–Kier alpha value is -2.29. The third-order valence-electron chi connectivity index (χ3n) is 2.40. The lowest BCUT2D eigenvalue weighted by molar-refractivity contribution is 0.252. The van der Waals surface area contributed by atoms with E-state index in [1.54, 1.807) is 6.07 Å². The van der Waals surface area contributed by atoms with Crippen molar-refractivity contribution in [3.8, 4) is 0 Å². The number of urea groups is 1. The van der Waals surface area contributed by atoms with Crippen molar-refractivity contribution < 1.29 is 4.79 Å². The number of primary amides is 1. The minimum Gasteiger partial charge on any atom is -0.350 e. The average molecular weight is 225 g/mol. The van der Waals surface area contributed by atoms with Gasteiger partial charge in [0.15, 0.2) is 0 Å². The molecule has 0 aliphatic rings. The molecule has 0 bridgehead atoms. The molecule has 2 rings (SSSR count). The monoisotopic (exact) mass is 225 g/mol. The maximum Gasteiger partial charge on any atom is 0.338 e. The SMILES string of the molecule is NC(=O)[N]c1cccc(Cc2ccccc2)c1. The number of amides is 2. The van der Waals surface area contributed by atoms with Gasteiger partial charge in [-0.2, -0.15) is 5.32 Å². The lowest BCUT2D eigenvalue weighted by Crippen LogP contribution is -2.18. The Balaban J connectivity index is 2.14. The smallest absolute Gasteiger partial charge is 0.338 e. The van der Waals surface area contributed by atoms with Crippen molar-refractivity contribution in [3.05, 3.63) is 65.7 Å². The quantitative estimate of drug-likeness (QED) is 0.857. The van der Waals surface area contributed by atoms with Crippen molar-refractivity contribution in [1.29, 1.82) is 0 Å². The fourth-order valence-corrected chi connectivity index (χ4v) is 1.69. The highest BCUT2D eigenvalue weighted by atomic mass is 16.2. The largest absolute Gasteiger partial charge is 0.350 e. The number of nitrogens with two attached hydrogens (primary N) is 1. The molecule has 0 saturated carbocycles. The molecule has 2 N–H and O–H groups in total. The van der Waals surface area contributed by atoms with E-state index in [9.17, 15) is 4.79 Å². The van der Waals surface area contributed by atoms with Crippen LogP contribution >= 0.6 is 0 Å². The molecule has 0 aliphatic carbocycles. The molecule has 0 saturated heterocycles. The summed E-state index contributed by atoms with van der Waals surface area (Å²) >= 11 is 0. The molecule has 2 aromatic carbocycles. The van der Waals surface area contributed by atoms with Gasteiger partial charge in [0.05, 0.1) is 5.69 Å². The normalized spacial score (nSPS) is 9.88. The molecule has 0 unspecified atom stereocenters. The summed E-state index contributed by atoms with van der Waals surface area (Å²) in [6.07, 6.45) is 0.822. The van der Waals surface area contributed by atoms with Crippen LogP contribution in [0.4, 0.5) is 10.5 Å². The standard InChI is InChI=1S/C14H13N2O/c15-14(17)16-13-8-4-7-12(10-13)9-11-5-2-1-3-6-11/h1-8,10H,9H2,(H2,15,17). The Morgan fingerprint density at radius 2 is 1.71 bits per heavy atom. The minimum absolute atomic E-state index is 0.603. The fraction of sp³-hybridized carbons (Fsp3) is 0.0714. The number of rotatable bonds is 3. The Bertz CT molecular complexity index is 509. The van der Waals surface area contributed by atoms with Crippen molar-refractivity contribution in [3.63, 3.8) is 0 Å². The number of nitrogens with zero attached hydrogens (tertiary/aromatic N) is 1. The van der Waals surface area contributed by atoms with Gasteiger partial charge in [-0.25, -0.2) is 4.79 Å². The van der Waals surface area contributed by atoms with Gasteiger partial charge in [0, 0.05) is 0 Å². The summed E-state index contributed by atoms with van der Waals surface area (Å²) in [7, 11) is 0. The maximum atomic E-state index is 10.7. The molecular formula is C14H13N2O. The van der Waals surface area contributed by atoms with Gasteiger partial charge >= 0.3 is 6.03 Å². The topological polar surface area (TPSA) is 57.2 Å². The summed E-state index contributed by atoms with van der Waals surface area (Å²) in [6.45, 7) is 0. The van der Waals surface area contributed by atoms with Gasteiger partial charge in [-0.15, -0.1) is 0 Å². The van der Waals surface area contributed by atoms with Gasteiger partial charge in [0.1, 0.15) is 0 Å². The van der Waals surface area contributed by atoms with Crippen molar-refractivity contribution in [1.82, 2.24) is 5.32 Å². The van der Waals surface area contributed by atoms with Crippen LogP contribution in [0.1, 0.15) is 11.1 Å². The third kappa shape index (κ3) is 3.34. The average Bonchev–Trinajstić information content (AvgIpc) is 2.30. The molecule has 85 valence electrons. The molecule has 0 atom stereocenters. The molecule has 3 nitrogen and oxygen atoms in total. The number of carbonyl (C=O) groups is 1. The first-order valence-corrected chi connectivity index (χ1v) is 5.38. The number of hydrogen-bond donors (Lipinski definition) is 1. The Kier molecular flexibility index (Phi) is 3.40. The van der Waals surface area contributed by atoms with Gasteiger partial charge in [0.25, 0.3) is 0 Å². The summed E-state index contributed by atoms with van der Waals surface area (Å²) in [5, 5.41) is 3.70. The van der Waals surface area contributed by atoms with Crippen LogP contribution in [-0.4, -0.2) is 6.03 Å². The number of hydrogen-bond acceptors (Lipinski definition) is 1. The van der Waals surface area contributed by atoms with E-state index in [-0.39, 0.29) is 0 Å². The van der Waals surface area contributed by atoms with Crippen LogP contribution in [0.2, 0.25) is 0 Å². The zero-order valence-corrected chi connectivity index (χ0v) is 9.34. The van der Waals surface area contributed by atoms with Crippen LogP contribution in [0.15, 0.2) is 54.6 Å². The second-order valence-electron chi connectivity index (χ2n) is 3.78. The van der Waals surface area contributed by atoms with E-state index in [0.717, 1.165) is 12.0 Å². The first-order valence-electron chi connectivity index (χ1n) is 5.38. The highest BCUT2D eigenvalue weighted by molar-refractivity contribution is 5.77. The van der Waals surface area contributed by atoms with Crippen LogP contribution in [0.3, 0.4) is 0 Å². The summed E-state index contributed by atoms with van der Waals surface area (Å²) in [5.41, 5.74) is 7.96. The first-order chi connectivity index (χ1) is 8.24. The summed E-state index contributed by atoms with van der Waals surface area (Å²) < 4.78 is 0. The molecular weight excluding hydrogens is 212 g/mol. The zero-order valence-electron chi connectivity index (χ0n) is 9.34. The molecule has 1 radical (unpaired) electrons. The molecule has 3 heteroatoms. The van der Waals surface area contributed by atoms with Crippen molar-refractivity contribution >= 4 is 11.7 Å². The maximum absolute atomic E-state index is 10.7. The van der Waals surface area contributed by atoms with Gasteiger partial charge in [-0.05, 0) is 29.7 Å². The van der Waals surface area contributed by atoms with E-state index >= 15 is 0 Å². The van der Waals surface area contributed by atoms with E-state index in [4.69, 9.17) is 5.73 Å². The van der Waals surface area contributed by atoms with E-state index in [1.807, 2.05) is 36.4 Å². The highest BCUT2D eigenvalue weighted by Crippen LogP contribution is 2.14. The minimum atomic E-state index is -0.665. The molecule has 0 aliphatic heterocycles. The molecule has 17 heavy (non-hydrogen) atoms. The number of carbonyl (C=O) groups excluding carboxylic acids is 1. The predicted molar refractivity (Wildman–Crippen MR) is 67.1 cm³/mol. The molecule has 0 aromatic heterocycles. The van der Waals surface area contributed by atoms with Crippen LogP contribution < -0.4 is 11.1 Å². The second-order valence-corrected chi connectivity index (χ2v) is 3.78. The second kappa shape index (κ2) is 5.16. The van der Waals surface area contributed by atoms with Gasteiger partial charge in [-0.3, -0.25) is 0 Å². The molecule has 0 heterocycles. The van der Waals surface area contributed by atoms with E-state index in [1.165, 1.54) is 5.56 Å². The third-order valence-corrected chi connectivity index (χ3v) is 2.40.